The van der Waals surface area contributed by atoms with Crippen LogP contribution in [0.25, 0.3) is 0 Å². The predicted octanol–water partition coefficient (Wildman–Crippen LogP) is 2.86. The Labute approximate surface area is 151 Å². The summed E-state index contributed by atoms with van der Waals surface area (Å²) in [6, 6.07) is 13.0. The highest BCUT2D eigenvalue weighted by molar-refractivity contribution is 7.98. The normalized spacial score (nSPS) is 11.1. The van der Waals surface area contributed by atoms with Crippen molar-refractivity contribution in [1.29, 1.82) is 0 Å². The molecule has 0 saturated carbocycles. The molecule has 0 heterocycles. The fraction of sp³-hybridized carbons (Fsp3) is 0.235. The van der Waals surface area contributed by atoms with E-state index in [0.717, 1.165) is 6.26 Å². The molecule has 0 saturated heterocycles. The number of para-hydroxylation sites is 1. The molecule has 0 aliphatic carbocycles. The number of anilines is 1. The maximum absolute atomic E-state index is 13.5. The largest absolute Gasteiger partial charge is 0.351 e. The maximum atomic E-state index is 13.5. The van der Waals surface area contributed by atoms with Gasteiger partial charge in [0.2, 0.25) is 10.0 Å². The monoisotopic (exact) mass is 382 g/mol. The molecule has 2 rings (SSSR count). The Hall–Kier alpha value is -2.06. The van der Waals surface area contributed by atoms with Gasteiger partial charge in [0.15, 0.2) is 0 Å². The van der Waals surface area contributed by atoms with Gasteiger partial charge in [0.05, 0.1) is 17.5 Å². The van der Waals surface area contributed by atoms with E-state index >= 15 is 0 Å². The van der Waals surface area contributed by atoms with Crippen molar-refractivity contribution in [3.63, 3.8) is 0 Å². The Balaban J connectivity index is 1.84. The fourth-order valence-corrected chi connectivity index (χ4v) is 3.52. The molecule has 0 spiro atoms. The van der Waals surface area contributed by atoms with E-state index < -0.39 is 10.0 Å². The van der Waals surface area contributed by atoms with E-state index in [1.807, 2.05) is 0 Å². The van der Waals surface area contributed by atoms with Crippen LogP contribution in [0.4, 0.5) is 10.1 Å². The molecular weight excluding hydrogens is 363 g/mol. The summed E-state index contributed by atoms with van der Waals surface area (Å²) in [5, 5.41) is 2.74. The van der Waals surface area contributed by atoms with Crippen molar-refractivity contribution in [2.75, 3.05) is 23.3 Å². The van der Waals surface area contributed by atoms with Gasteiger partial charge in [-0.2, -0.15) is 11.8 Å². The van der Waals surface area contributed by atoms with E-state index in [0.29, 0.717) is 23.6 Å². The number of hydrogen-bond acceptors (Lipinski definition) is 4. The summed E-state index contributed by atoms with van der Waals surface area (Å²) in [7, 11) is -3.47. The van der Waals surface area contributed by atoms with Gasteiger partial charge < -0.3 is 5.32 Å². The molecular formula is C17H19FN2O3S2. The molecule has 0 aliphatic rings. The Morgan fingerprint density at radius 2 is 1.80 bits per heavy atom. The molecule has 2 aromatic carbocycles. The van der Waals surface area contributed by atoms with Gasteiger partial charge in [-0.1, -0.05) is 30.3 Å². The molecule has 0 unspecified atom stereocenters. The highest BCUT2D eigenvalue weighted by Crippen LogP contribution is 2.17. The molecule has 2 N–H and O–H groups in total. The van der Waals surface area contributed by atoms with Crippen molar-refractivity contribution in [2.45, 2.75) is 5.75 Å². The standard InChI is InChI=1S/C17H19FN2O3S2/c1-25(22,23)20-16-9-5-3-7-14(16)17(21)19-10-11-24-12-13-6-2-4-8-15(13)18/h2-9,20H,10-12H2,1H3,(H,19,21). The summed E-state index contributed by atoms with van der Waals surface area (Å²) in [4.78, 5) is 12.2. The lowest BCUT2D eigenvalue weighted by Gasteiger charge is -2.11. The minimum Gasteiger partial charge on any atom is -0.351 e. The number of benzene rings is 2. The SMILES string of the molecule is CS(=O)(=O)Nc1ccccc1C(=O)NCCSCc1ccccc1F. The summed E-state index contributed by atoms with van der Waals surface area (Å²) in [6.07, 6.45) is 1.03. The number of thioether (sulfide) groups is 1. The number of nitrogens with one attached hydrogen (secondary N) is 2. The third-order valence-corrected chi connectivity index (χ3v) is 4.81. The number of carbonyl (C=O) groups excluding carboxylic acids is 1. The van der Waals surface area contributed by atoms with Crippen molar-refractivity contribution in [2.24, 2.45) is 0 Å². The third-order valence-electron chi connectivity index (χ3n) is 3.21. The minimum atomic E-state index is -3.47. The molecule has 0 atom stereocenters. The summed E-state index contributed by atoms with van der Waals surface area (Å²) in [5.41, 5.74) is 1.12. The van der Waals surface area contributed by atoms with Crippen molar-refractivity contribution in [3.8, 4) is 0 Å². The second-order valence-corrected chi connectivity index (χ2v) is 8.17. The van der Waals surface area contributed by atoms with Crippen LogP contribution in [0.15, 0.2) is 48.5 Å². The number of rotatable bonds is 8. The van der Waals surface area contributed by atoms with Gasteiger partial charge in [-0.3, -0.25) is 9.52 Å². The topological polar surface area (TPSA) is 75.3 Å². The molecule has 2 aromatic rings. The first-order valence-electron chi connectivity index (χ1n) is 7.53. The molecule has 0 aliphatic heterocycles. The number of sulfonamides is 1. The van der Waals surface area contributed by atoms with Crippen LogP contribution in [-0.4, -0.2) is 32.9 Å². The van der Waals surface area contributed by atoms with E-state index in [1.165, 1.54) is 23.9 Å². The molecule has 5 nitrogen and oxygen atoms in total. The van der Waals surface area contributed by atoms with Crippen LogP contribution in [0.1, 0.15) is 15.9 Å². The number of halogens is 1. The van der Waals surface area contributed by atoms with Gasteiger partial charge in [0.25, 0.3) is 5.91 Å². The van der Waals surface area contributed by atoms with Crippen molar-refractivity contribution >= 4 is 33.4 Å². The van der Waals surface area contributed by atoms with Crippen molar-refractivity contribution in [1.82, 2.24) is 5.32 Å². The van der Waals surface area contributed by atoms with E-state index in [2.05, 4.69) is 10.0 Å². The Morgan fingerprint density at radius 1 is 1.12 bits per heavy atom. The molecule has 0 aromatic heterocycles. The molecule has 0 radical (unpaired) electrons. The Kier molecular flexibility index (Phi) is 6.83. The number of hydrogen-bond donors (Lipinski definition) is 2. The van der Waals surface area contributed by atoms with Crippen LogP contribution in [-0.2, 0) is 15.8 Å². The molecule has 1 amide bonds. The second kappa shape index (κ2) is 8.87. The molecule has 25 heavy (non-hydrogen) atoms. The number of carbonyl (C=O) groups is 1. The van der Waals surface area contributed by atoms with Gasteiger partial charge in [-0.25, -0.2) is 12.8 Å². The summed E-state index contributed by atoms with van der Waals surface area (Å²) in [5.74, 6) is 0.536. The number of amides is 1. The summed E-state index contributed by atoms with van der Waals surface area (Å²) < 4.78 is 38.5. The van der Waals surface area contributed by atoms with Gasteiger partial charge >= 0.3 is 0 Å². The van der Waals surface area contributed by atoms with Gasteiger partial charge in [-0.05, 0) is 23.8 Å². The average Bonchev–Trinajstić information content (AvgIpc) is 2.55. The zero-order chi connectivity index (χ0) is 18.3. The first kappa shape index (κ1) is 19.3. The van der Waals surface area contributed by atoms with E-state index in [1.54, 1.807) is 36.4 Å². The lowest BCUT2D eigenvalue weighted by molar-refractivity contribution is 0.0957. The van der Waals surface area contributed by atoms with Crippen LogP contribution in [0.5, 0.6) is 0 Å². The summed E-state index contributed by atoms with van der Waals surface area (Å²) in [6.45, 7) is 0.394. The van der Waals surface area contributed by atoms with Gasteiger partial charge in [0, 0.05) is 18.1 Å². The predicted molar refractivity (Wildman–Crippen MR) is 99.8 cm³/mol. The van der Waals surface area contributed by atoms with Crippen LogP contribution in [0.3, 0.4) is 0 Å². The molecule has 8 heteroatoms. The smallest absolute Gasteiger partial charge is 0.253 e. The quantitative estimate of drug-likeness (QED) is 0.689. The first-order chi connectivity index (χ1) is 11.9. The Morgan fingerprint density at radius 3 is 2.52 bits per heavy atom. The van der Waals surface area contributed by atoms with E-state index in [4.69, 9.17) is 0 Å². The lowest BCUT2D eigenvalue weighted by Crippen LogP contribution is -2.27. The molecule has 0 bridgehead atoms. The highest BCUT2D eigenvalue weighted by Gasteiger charge is 2.13. The van der Waals surface area contributed by atoms with Crippen LogP contribution >= 0.6 is 11.8 Å². The lowest BCUT2D eigenvalue weighted by atomic mass is 10.2. The fourth-order valence-electron chi connectivity index (χ4n) is 2.10. The van der Waals surface area contributed by atoms with Gasteiger partial charge in [-0.15, -0.1) is 0 Å². The highest BCUT2D eigenvalue weighted by atomic mass is 32.2. The van der Waals surface area contributed by atoms with E-state index in [9.17, 15) is 17.6 Å². The van der Waals surface area contributed by atoms with Crippen LogP contribution in [0, 0.1) is 5.82 Å². The maximum Gasteiger partial charge on any atom is 0.253 e. The molecule has 0 fully saturated rings. The van der Waals surface area contributed by atoms with E-state index in [-0.39, 0.29) is 23.0 Å². The first-order valence-corrected chi connectivity index (χ1v) is 10.6. The molecule has 134 valence electrons. The van der Waals surface area contributed by atoms with Crippen LogP contribution in [0.2, 0.25) is 0 Å². The second-order valence-electron chi connectivity index (χ2n) is 5.32. The zero-order valence-electron chi connectivity index (χ0n) is 13.7. The van der Waals surface area contributed by atoms with Crippen LogP contribution < -0.4 is 10.0 Å². The summed E-state index contributed by atoms with van der Waals surface area (Å²) >= 11 is 1.51. The third kappa shape index (κ3) is 6.39. The van der Waals surface area contributed by atoms with Crippen molar-refractivity contribution < 1.29 is 17.6 Å². The van der Waals surface area contributed by atoms with Gasteiger partial charge in [0.1, 0.15) is 5.82 Å². The average molecular weight is 382 g/mol. The van der Waals surface area contributed by atoms with Crippen molar-refractivity contribution in [3.05, 3.63) is 65.5 Å². The Bertz CT molecular complexity index is 841. The minimum absolute atomic E-state index is 0.236. The zero-order valence-corrected chi connectivity index (χ0v) is 15.3.